The summed E-state index contributed by atoms with van der Waals surface area (Å²) in [4.78, 5) is 8.30. The predicted molar refractivity (Wildman–Crippen MR) is 68.7 cm³/mol. The average molecular weight is 266 g/mol. The molecule has 0 fully saturated rings. The molecule has 0 bridgehead atoms. The van der Waals surface area contributed by atoms with Crippen LogP contribution in [0.5, 0.6) is 0 Å². The fourth-order valence-corrected chi connectivity index (χ4v) is 1.83. The number of benzene rings is 1. The Labute approximate surface area is 110 Å². The first kappa shape index (κ1) is 12.9. The Kier molecular flexibility index (Phi) is 4.23. The molecule has 2 rings (SSSR count). The summed E-state index contributed by atoms with van der Waals surface area (Å²) in [5.74, 6) is 0.421. The largest absolute Gasteiger partial charge is 0.307 e. The molecule has 1 heterocycles. The molecule has 5 heteroatoms. The van der Waals surface area contributed by atoms with Gasteiger partial charge in [-0.1, -0.05) is 17.7 Å². The monoisotopic (exact) mass is 265 g/mol. The lowest BCUT2D eigenvalue weighted by Gasteiger charge is -2.06. The van der Waals surface area contributed by atoms with Gasteiger partial charge in [0.15, 0.2) is 0 Å². The van der Waals surface area contributed by atoms with Gasteiger partial charge in [-0.25, -0.2) is 14.4 Å². The number of aromatic nitrogens is 2. The van der Waals surface area contributed by atoms with Crippen molar-refractivity contribution in [2.45, 2.75) is 20.0 Å². The van der Waals surface area contributed by atoms with E-state index in [4.69, 9.17) is 11.6 Å². The molecule has 0 spiro atoms. The highest BCUT2D eigenvalue weighted by atomic mass is 35.5. The highest BCUT2D eigenvalue weighted by Gasteiger charge is 2.02. The first-order valence-electron chi connectivity index (χ1n) is 5.58. The van der Waals surface area contributed by atoms with Gasteiger partial charge in [0, 0.05) is 24.3 Å². The molecule has 0 aliphatic rings. The number of nitrogens with one attached hydrogen (secondary N) is 1. The fourth-order valence-electron chi connectivity index (χ4n) is 1.59. The van der Waals surface area contributed by atoms with Crippen LogP contribution in [-0.4, -0.2) is 9.97 Å². The minimum atomic E-state index is -0.324. The van der Waals surface area contributed by atoms with Crippen LogP contribution in [0.3, 0.4) is 0 Å². The number of nitrogens with zero attached hydrogens (tertiary/aromatic N) is 2. The van der Waals surface area contributed by atoms with E-state index in [1.54, 1.807) is 12.3 Å². The van der Waals surface area contributed by atoms with Gasteiger partial charge >= 0.3 is 0 Å². The second-order valence-electron chi connectivity index (χ2n) is 3.93. The van der Waals surface area contributed by atoms with Crippen molar-refractivity contribution in [3.05, 3.63) is 58.4 Å². The third-order valence-corrected chi connectivity index (χ3v) is 2.82. The molecule has 1 aromatic carbocycles. The van der Waals surface area contributed by atoms with E-state index in [0.717, 1.165) is 17.1 Å². The third-order valence-electron chi connectivity index (χ3n) is 2.47. The van der Waals surface area contributed by atoms with Crippen molar-refractivity contribution in [2.75, 3.05) is 0 Å². The van der Waals surface area contributed by atoms with Crippen LogP contribution in [0, 0.1) is 12.7 Å². The van der Waals surface area contributed by atoms with Crippen molar-refractivity contribution in [2.24, 2.45) is 0 Å². The predicted octanol–water partition coefficient (Wildman–Crippen LogP) is 2.87. The van der Waals surface area contributed by atoms with E-state index in [2.05, 4.69) is 15.3 Å². The normalized spacial score (nSPS) is 10.6. The Morgan fingerprint density at radius 1 is 1.28 bits per heavy atom. The smallest absolute Gasteiger partial charge is 0.125 e. The molecule has 94 valence electrons. The van der Waals surface area contributed by atoms with Crippen LogP contribution in [0.15, 0.2) is 30.5 Å². The molecule has 0 amide bonds. The van der Waals surface area contributed by atoms with Gasteiger partial charge in [0.2, 0.25) is 0 Å². The van der Waals surface area contributed by atoms with E-state index in [-0.39, 0.29) is 5.82 Å². The van der Waals surface area contributed by atoms with Crippen molar-refractivity contribution in [3.63, 3.8) is 0 Å². The number of rotatable bonds is 4. The van der Waals surface area contributed by atoms with Crippen LogP contribution >= 0.6 is 11.6 Å². The lowest BCUT2D eigenvalue weighted by atomic mass is 10.2. The van der Waals surface area contributed by atoms with Gasteiger partial charge in [-0.3, -0.25) is 0 Å². The molecule has 1 aromatic heterocycles. The molecular weight excluding hydrogens is 253 g/mol. The SMILES string of the molecule is Cc1nccc(CNCc2ccc(F)cc2Cl)n1. The molecule has 18 heavy (non-hydrogen) atoms. The molecule has 2 aromatic rings. The molecule has 0 unspecified atom stereocenters. The number of halogens is 2. The standard InChI is InChI=1S/C13H13ClFN3/c1-9-17-5-4-12(18-9)8-16-7-10-2-3-11(15)6-13(10)14/h2-6,16H,7-8H2,1H3. The topological polar surface area (TPSA) is 37.8 Å². The zero-order valence-electron chi connectivity index (χ0n) is 9.95. The Morgan fingerprint density at radius 3 is 2.83 bits per heavy atom. The minimum Gasteiger partial charge on any atom is -0.307 e. The Balaban J connectivity index is 1.92. The Hall–Kier alpha value is -1.52. The summed E-state index contributed by atoms with van der Waals surface area (Å²) in [6.45, 7) is 3.04. The van der Waals surface area contributed by atoms with Gasteiger partial charge in [-0.2, -0.15) is 0 Å². The van der Waals surface area contributed by atoms with Gasteiger partial charge in [-0.15, -0.1) is 0 Å². The van der Waals surface area contributed by atoms with Crippen LogP contribution in [-0.2, 0) is 13.1 Å². The second kappa shape index (κ2) is 5.89. The first-order chi connectivity index (χ1) is 8.65. The molecule has 0 atom stereocenters. The fraction of sp³-hybridized carbons (Fsp3) is 0.231. The summed E-state index contributed by atoms with van der Waals surface area (Å²) in [5, 5.41) is 3.64. The Bertz CT molecular complexity index is 546. The van der Waals surface area contributed by atoms with E-state index < -0.39 is 0 Å². The van der Waals surface area contributed by atoms with E-state index in [1.165, 1.54) is 12.1 Å². The summed E-state index contributed by atoms with van der Waals surface area (Å²) in [6.07, 6.45) is 1.73. The van der Waals surface area contributed by atoms with E-state index in [1.807, 2.05) is 13.0 Å². The van der Waals surface area contributed by atoms with Crippen molar-refractivity contribution >= 4 is 11.6 Å². The minimum absolute atomic E-state index is 0.324. The molecule has 0 aliphatic carbocycles. The maximum Gasteiger partial charge on any atom is 0.125 e. The Morgan fingerprint density at radius 2 is 2.11 bits per heavy atom. The third kappa shape index (κ3) is 3.48. The number of hydrogen-bond donors (Lipinski definition) is 1. The van der Waals surface area contributed by atoms with Crippen molar-refractivity contribution in [1.29, 1.82) is 0 Å². The highest BCUT2D eigenvalue weighted by molar-refractivity contribution is 6.31. The first-order valence-corrected chi connectivity index (χ1v) is 5.96. The summed E-state index contributed by atoms with van der Waals surface area (Å²) in [6, 6.07) is 6.24. The lowest BCUT2D eigenvalue weighted by molar-refractivity contribution is 0.624. The van der Waals surface area contributed by atoms with Gasteiger partial charge < -0.3 is 5.32 Å². The van der Waals surface area contributed by atoms with Crippen LogP contribution in [0.2, 0.25) is 5.02 Å². The average Bonchev–Trinajstić information content (AvgIpc) is 2.32. The van der Waals surface area contributed by atoms with Crippen LogP contribution < -0.4 is 5.32 Å². The zero-order valence-corrected chi connectivity index (χ0v) is 10.7. The van der Waals surface area contributed by atoms with Gasteiger partial charge in [-0.05, 0) is 30.7 Å². The van der Waals surface area contributed by atoms with Crippen molar-refractivity contribution < 1.29 is 4.39 Å². The lowest BCUT2D eigenvalue weighted by Crippen LogP contribution is -2.14. The molecule has 0 saturated carbocycles. The van der Waals surface area contributed by atoms with E-state index in [9.17, 15) is 4.39 Å². The molecular formula is C13H13ClFN3. The summed E-state index contributed by atoms with van der Waals surface area (Å²) < 4.78 is 12.9. The van der Waals surface area contributed by atoms with Gasteiger partial charge in [0.1, 0.15) is 11.6 Å². The highest BCUT2D eigenvalue weighted by Crippen LogP contribution is 2.16. The van der Waals surface area contributed by atoms with Crippen LogP contribution in [0.25, 0.3) is 0 Å². The summed E-state index contributed by atoms with van der Waals surface area (Å²) in [5.41, 5.74) is 1.78. The molecule has 3 nitrogen and oxygen atoms in total. The number of aryl methyl sites for hydroxylation is 1. The molecule has 0 radical (unpaired) electrons. The van der Waals surface area contributed by atoms with Gasteiger partial charge in [0.05, 0.1) is 5.69 Å². The maximum absolute atomic E-state index is 12.9. The van der Waals surface area contributed by atoms with E-state index >= 15 is 0 Å². The van der Waals surface area contributed by atoms with Crippen molar-refractivity contribution in [1.82, 2.24) is 15.3 Å². The molecule has 0 aliphatic heterocycles. The van der Waals surface area contributed by atoms with Crippen LogP contribution in [0.4, 0.5) is 4.39 Å². The summed E-state index contributed by atoms with van der Waals surface area (Å²) in [7, 11) is 0. The van der Waals surface area contributed by atoms with Crippen molar-refractivity contribution in [3.8, 4) is 0 Å². The quantitative estimate of drug-likeness (QED) is 0.924. The molecule has 0 saturated heterocycles. The zero-order chi connectivity index (χ0) is 13.0. The molecule has 1 N–H and O–H groups in total. The maximum atomic E-state index is 12.9. The van der Waals surface area contributed by atoms with Gasteiger partial charge in [0.25, 0.3) is 0 Å². The van der Waals surface area contributed by atoms with E-state index in [0.29, 0.717) is 18.1 Å². The second-order valence-corrected chi connectivity index (χ2v) is 4.34. The van der Waals surface area contributed by atoms with Crippen LogP contribution in [0.1, 0.15) is 17.1 Å². The number of hydrogen-bond acceptors (Lipinski definition) is 3. The summed E-state index contributed by atoms with van der Waals surface area (Å²) >= 11 is 5.93.